The summed E-state index contributed by atoms with van der Waals surface area (Å²) in [5.41, 5.74) is 6.59. The summed E-state index contributed by atoms with van der Waals surface area (Å²) in [5.74, 6) is 0. The molecule has 350 valence electrons. The van der Waals surface area contributed by atoms with Crippen LogP contribution in [0.3, 0.4) is 0 Å². The molecule has 10 nitrogen and oxygen atoms in total. The molecule has 0 bridgehead atoms. The molecule has 0 saturated carbocycles. The number of hydrogen-bond acceptors (Lipinski definition) is 10. The minimum atomic E-state index is -1.56. The number of nitrogens with one attached hydrogen (secondary N) is 1. The Kier molecular flexibility index (Phi) is 19.9. The number of H-pyrrole nitrogens is 1. The van der Waals surface area contributed by atoms with Gasteiger partial charge in [-0.15, -0.1) is 0 Å². The van der Waals surface area contributed by atoms with Crippen LogP contribution in [0.1, 0.15) is 73.4 Å². The predicted octanol–water partition coefficient (Wildman–Crippen LogP) is 12.5. The Hall–Kier alpha value is -4.43. The number of fused-ring (bicyclic) bond motifs is 3. The van der Waals surface area contributed by atoms with Gasteiger partial charge in [-0.05, 0) is 93.5 Å². The largest absolute Gasteiger partial charge is 0.489 e. The van der Waals surface area contributed by atoms with Crippen molar-refractivity contribution in [3.63, 3.8) is 0 Å². The topological polar surface area (TPSA) is 165 Å². The van der Waals surface area contributed by atoms with Crippen LogP contribution in [0.15, 0.2) is 126 Å². The molecule has 0 aliphatic rings. The van der Waals surface area contributed by atoms with Crippen molar-refractivity contribution in [1.29, 1.82) is 10.5 Å². The quantitative estimate of drug-likeness (QED) is 0.117. The Morgan fingerprint density at radius 3 is 1.57 bits per heavy atom. The molecule has 0 radical (unpaired) electrons. The van der Waals surface area contributed by atoms with E-state index in [1.165, 1.54) is 46.1 Å². The highest BCUT2D eigenvalue weighted by Crippen LogP contribution is 2.30. The first kappa shape index (κ1) is 55.2. The van der Waals surface area contributed by atoms with E-state index < -0.39 is 7.12 Å². The monoisotopic (exact) mass is 1150 g/mol. The van der Waals surface area contributed by atoms with Crippen LogP contribution in [0.5, 0.6) is 0 Å². The lowest BCUT2D eigenvalue weighted by molar-refractivity contribution is 0.346. The summed E-state index contributed by atoms with van der Waals surface area (Å²) in [6.45, 7) is 20.8. The number of nitrogens with zero attached hydrogens (tertiary/aromatic N) is 4. The zero-order valence-electron chi connectivity index (χ0n) is 38.8. The van der Waals surface area contributed by atoms with E-state index in [0.717, 1.165) is 62.6 Å². The first-order chi connectivity index (χ1) is 31.3. The van der Waals surface area contributed by atoms with Crippen LogP contribution in [-0.4, -0.2) is 36.6 Å². The van der Waals surface area contributed by atoms with Crippen molar-refractivity contribution < 1.29 is 10.0 Å². The third-order valence-electron chi connectivity index (χ3n) is 9.07. The van der Waals surface area contributed by atoms with Crippen LogP contribution in [0.25, 0.3) is 41.8 Å². The van der Waals surface area contributed by atoms with Crippen molar-refractivity contribution in [1.82, 2.24) is 14.1 Å². The Labute approximate surface area is 428 Å². The van der Waals surface area contributed by atoms with Gasteiger partial charge in [0.05, 0.1) is 53.9 Å². The summed E-state index contributed by atoms with van der Waals surface area (Å²) in [4.78, 5) is 38.0. The molecule has 0 aliphatic heterocycles. The van der Waals surface area contributed by atoms with Gasteiger partial charge < -0.3 is 15.0 Å². The second-order valence-corrected chi connectivity index (χ2v) is 24.3. The van der Waals surface area contributed by atoms with Gasteiger partial charge in [-0.1, -0.05) is 187 Å². The zero-order valence-corrected chi connectivity index (χ0v) is 46.0. The van der Waals surface area contributed by atoms with E-state index in [1.54, 1.807) is 12.1 Å². The maximum absolute atomic E-state index is 12.3. The fourth-order valence-electron chi connectivity index (χ4n) is 6.10. The van der Waals surface area contributed by atoms with Crippen molar-refractivity contribution in [3.05, 3.63) is 152 Å². The number of rotatable bonds is 4. The molecule has 0 spiro atoms. The minimum absolute atomic E-state index is 0.00176. The van der Waals surface area contributed by atoms with Crippen LogP contribution >= 0.6 is 81.8 Å². The van der Waals surface area contributed by atoms with Gasteiger partial charge in [-0.3, -0.25) is 23.5 Å². The number of thiazole rings is 3. The van der Waals surface area contributed by atoms with E-state index in [0.29, 0.717) is 23.1 Å². The molecule has 5 aromatic carbocycles. The second kappa shape index (κ2) is 24.2. The molecule has 67 heavy (non-hydrogen) atoms. The smallest absolute Gasteiger partial charge is 0.423 e. The van der Waals surface area contributed by atoms with Crippen LogP contribution in [0.2, 0.25) is 0 Å². The van der Waals surface area contributed by atoms with Crippen LogP contribution in [0, 0.1) is 38.9 Å². The predicted molar refractivity (Wildman–Crippen MR) is 293 cm³/mol. The van der Waals surface area contributed by atoms with Gasteiger partial charge in [0.1, 0.15) is 0 Å². The minimum Gasteiger partial charge on any atom is -0.423 e. The highest BCUT2D eigenvalue weighted by atomic mass is 79.9. The van der Waals surface area contributed by atoms with Gasteiger partial charge >= 0.3 is 21.7 Å². The fourth-order valence-corrected chi connectivity index (χ4v) is 9.76. The highest BCUT2D eigenvalue weighted by Gasteiger charge is 2.18. The summed E-state index contributed by atoms with van der Waals surface area (Å²) in [6, 6.07) is 35.7. The highest BCUT2D eigenvalue weighted by molar-refractivity contribution is 9.10. The van der Waals surface area contributed by atoms with Gasteiger partial charge in [0, 0.05) is 27.4 Å². The van der Waals surface area contributed by atoms with Crippen molar-refractivity contribution in [2.45, 2.75) is 75.4 Å². The van der Waals surface area contributed by atoms with Crippen LogP contribution in [-0.2, 0) is 13.1 Å². The summed E-state index contributed by atoms with van der Waals surface area (Å²) >= 11 is 13.9. The molecule has 17 heteroatoms. The summed E-state index contributed by atoms with van der Waals surface area (Å²) in [7, 11) is -1.56. The zero-order chi connectivity index (χ0) is 49.9. The number of nitriles is 2. The van der Waals surface area contributed by atoms with E-state index >= 15 is 0 Å². The van der Waals surface area contributed by atoms with Gasteiger partial charge in [0.15, 0.2) is 0 Å². The Morgan fingerprint density at radius 2 is 1.07 bits per heavy atom. The summed E-state index contributed by atoms with van der Waals surface area (Å²) in [6.07, 6.45) is 0. The lowest BCUT2D eigenvalue weighted by Crippen LogP contribution is -2.31. The molecule has 8 rings (SSSR count). The van der Waals surface area contributed by atoms with E-state index in [9.17, 15) is 19.6 Å². The Bertz CT molecular complexity index is 3210. The SMILES string of the molecule is CC(C)(C)CBr.CC(C)(C)Cn1c(=O)sc2cc(-c3ccccc3C#N)ccc21.CC(C)(C)Cn1c(=O)sc2cc(Br)ccc21.N#Cc1ccccc1B(O)O.O=c1[nH]c2ccc(Br)cc2s1. The van der Waals surface area contributed by atoms with Gasteiger partial charge in [0.25, 0.3) is 0 Å². The first-order valence-corrected chi connectivity index (χ1v) is 26.1. The van der Waals surface area contributed by atoms with Crippen LogP contribution in [0.4, 0.5) is 0 Å². The lowest BCUT2D eigenvalue weighted by atomic mass is 9.77. The third kappa shape index (κ3) is 16.9. The van der Waals surface area contributed by atoms with Crippen LogP contribution < -0.4 is 20.1 Å². The molecular weight excluding hydrogens is 1100 g/mol. The average Bonchev–Trinajstić information content (AvgIpc) is 3.88. The molecule has 0 amide bonds. The maximum Gasteiger partial charge on any atom is 0.489 e. The van der Waals surface area contributed by atoms with E-state index in [4.69, 9.17) is 15.3 Å². The molecule has 3 aromatic heterocycles. The van der Waals surface area contributed by atoms with Gasteiger partial charge in [-0.2, -0.15) is 10.5 Å². The van der Waals surface area contributed by atoms with Crippen molar-refractivity contribution in [2.24, 2.45) is 16.2 Å². The van der Waals surface area contributed by atoms with Crippen molar-refractivity contribution in [2.75, 3.05) is 5.33 Å². The molecule has 0 aliphatic carbocycles. The summed E-state index contributed by atoms with van der Waals surface area (Å²) < 4.78 is 8.73. The Morgan fingerprint density at radius 1 is 0.612 bits per heavy atom. The molecule has 0 saturated heterocycles. The molecule has 3 heterocycles. The van der Waals surface area contributed by atoms with E-state index in [2.05, 4.69) is 121 Å². The number of alkyl halides is 1. The number of aromatic amines is 1. The lowest BCUT2D eigenvalue weighted by Gasteiger charge is -2.18. The number of benzene rings is 5. The normalized spacial score (nSPS) is 11.2. The Balaban J connectivity index is 0.000000195. The standard InChI is InChI=1S/C19H18N2OS.C12H14BrNOS.C7H6BNO2.C7H4BrNOS.C5H11Br/c1-19(2,3)12-21-16-9-8-13(10-17(16)23-18(21)22)15-7-5-4-6-14(15)11-20;1-12(2,3)7-14-9-5-4-8(13)6-10(9)16-11(14)15;9-5-6-3-1-2-4-7(6)8(10)11;8-4-1-2-5-6(3-4)11-7(10)9-5;1-5(2,3)4-6/h4-10H,12H2,1-3H3;4-6H,7H2,1-3H3;1-4,10-11H;1-3H,(H,9,10);4H2,1-3H3. The molecule has 0 unspecified atom stereocenters. The molecular formula is C50H53BBr3N5O5S3. The number of aromatic nitrogens is 3. The van der Waals surface area contributed by atoms with Crippen molar-refractivity contribution in [3.8, 4) is 23.3 Å². The molecule has 8 aromatic rings. The number of halogens is 3. The first-order valence-electron chi connectivity index (χ1n) is 20.9. The van der Waals surface area contributed by atoms with Gasteiger partial charge in [0.2, 0.25) is 0 Å². The van der Waals surface area contributed by atoms with E-state index in [1.807, 2.05) is 94.1 Å². The maximum atomic E-state index is 12.3. The van der Waals surface area contributed by atoms with Crippen molar-refractivity contribution >= 4 is 125 Å². The second-order valence-electron chi connectivity index (χ2n) is 18.9. The summed E-state index contributed by atoms with van der Waals surface area (Å²) in [5, 5.41) is 36.3. The fraction of sp³-hybridized carbons (Fsp3) is 0.300. The van der Waals surface area contributed by atoms with Gasteiger partial charge in [-0.25, -0.2) is 0 Å². The number of hydrogen-bond donors (Lipinski definition) is 3. The van der Waals surface area contributed by atoms with E-state index in [-0.39, 0.29) is 30.9 Å². The third-order valence-corrected chi connectivity index (χ3v) is 14.5. The molecule has 3 N–H and O–H groups in total. The molecule has 0 fully saturated rings. The molecule has 0 atom stereocenters. The average molecular weight is 1150 g/mol.